The van der Waals surface area contributed by atoms with Gasteiger partial charge in [-0.2, -0.15) is 0 Å². The first-order valence-corrected chi connectivity index (χ1v) is 4.40. The number of aliphatic hydroxyl groups is 1. The number of nitrogens with two attached hydrogens (primary N) is 1. The number of nitrogens with zero attached hydrogens (tertiary/aromatic N) is 1. The Labute approximate surface area is 68.2 Å². The van der Waals surface area contributed by atoms with Gasteiger partial charge in [-0.3, -0.25) is 0 Å². The highest BCUT2D eigenvalue weighted by Gasteiger charge is 2.16. The molecular weight excluding hydrogens is 140 g/mol. The molecule has 0 spiro atoms. The lowest BCUT2D eigenvalue weighted by atomic mass is 9.98. The monoisotopic (exact) mass is 158 g/mol. The van der Waals surface area contributed by atoms with Crippen molar-refractivity contribution in [2.75, 3.05) is 32.8 Å². The highest BCUT2D eigenvalue weighted by atomic mass is 16.3. The van der Waals surface area contributed by atoms with Crippen LogP contribution in [0.25, 0.3) is 0 Å². The Bertz CT molecular complexity index is 100. The zero-order chi connectivity index (χ0) is 8.10. The van der Waals surface area contributed by atoms with E-state index in [-0.39, 0.29) is 0 Å². The van der Waals surface area contributed by atoms with E-state index in [1.807, 2.05) is 0 Å². The lowest BCUT2D eigenvalue weighted by Gasteiger charge is -2.30. The molecule has 1 heterocycles. The van der Waals surface area contributed by atoms with E-state index in [4.69, 9.17) is 10.8 Å². The van der Waals surface area contributed by atoms with Crippen molar-refractivity contribution in [1.29, 1.82) is 0 Å². The van der Waals surface area contributed by atoms with Gasteiger partial charge in [0.1, 0.15) is 0 Å². The first kappa shape index (κ1) is 8.97. The van der Waals surface area contributed by atoms with Gasteiger partial charge in [0.25, 0.3) is 0 Å². The van der Waals surface area contributed by atoms with E-state index in [0.717, 1.165) is 39.0 Å². The zero-order valence-electron chi connectivity index (χ0n) is 7.00. The first-order chi connectivity index (χ1) is 5.36. The summed E-state index contributed by atoms with van der Waals surface area (Å²) in [5.74, 6) is 0.545. The predicted molar refractivity (Wildman–Crippen MR) is 45.3 cm³/mol. The molecule has 0 saturated carbocycles. The number of aliphatic hydroxyl groups excluding tert-OH is 1. The second kappa shape index (κ2) is 4.70. The van der Waals surface area contributed by atoms with E-state index in [9.17, 15) is 0 Å². The Morgan fingerprint density at radius 2 is 2.00 bits per heavy atom. The molecule has 3 heteroatoms. The minimum absolute atomic E-state index is 0.358. The fourth-order valence-electron chi connectivity index (χ4n) is 1.58. The Kier molecular flexibility index (Phi) is 3.83. The van der Waals surface area contributed by atoms with Crippen molar-refractivity contribution in [2.24, 2.45) is 11.7 Å². The molecule has 1 fully saturated rings. The molecule has 0 atom stereocenters. The van der Waals surface area contributed by atoms with Gasteiger partial charge in [-0.05, 0) is 31.8 Å². The van der Waals surface area contributed by atoms with E-state index in [1.54, 1.807) is 0 Å². The van der Waals surface area contributed by atoms with Gasteiger partial charge in [0, 0.05) is 19.7 Å². The highest BCUT2D eigenvalue weighted by Crippen LogP contribution is 2.15. The van der Waals surface area contributed by atoms with Crippen molar-refractivity contribution < 1.29 is 5.11 Å². The maximum atomic E-state index is 8.86. The Morgan fingerprint density at radius 1 is 1.36 bits per heavy atom. The first-order valence-electron chi connectivity index (χ1n) is 4.40. The number of piperidine rings is 1. The second-order valence-electron chi connectivity index (χ2n) is 3.26. The maximum absolute atomic E-state index is 8.86. The second-order valence-corrected chi connectivity index (χ2v) is 3.26. The van der Waals surface area contributed by atoms with E-state index < -0.39 is 0 Å². The molecule has 3 nitrogen and oxygen atoms in total. The third kappa shape index (κ3) is 2.77. The molecule has 0 aromatic carbocycles. The van der Waals surface area contributed by atoms with Gasteiger partial charge >= 0.3 is 0 Å². The molecule has 3 N–H and O–H groups in total. The summed E-state index contributed by atoms with van der Waals surface area (Å²) in [6.07, 6.45) is 2.27. The molecule has 0 radical (unpaired) electrons. The summed E-state index contributed by atoms with van der Waals surface area (Å²) in [5, 5.41) is 8.86. The van der Waals surface area contributed by atoms with E-state index >= 15 is 0 Å². The van der Waals surface area contributed by atoms with Crippen LogP contribution in [0.2, 0.25) is 0 Å². The van der Waals surface area contributed by atoms with Crippen LogP contribution in [0.1, 0.15) is 12.8 Å². The van der Waals surface area contributed by atoms with Crippen molar-refractivity contribution in [3.63, 3.8) is 0 Å². The standard InChI is InChI=1S/C8H18N2O/c9-3-6-10-4-1-8(7-11)2-5-10/h8,11H,1-7,9H2. The molecule has 0 amide bonds. The third-order valence-corrected chi connectivity index (χ3v) is 2.41. The summed E-state index contributed by atoms with van der Waals surface area (Å²) in [6, 6.07) is 0. The van der Waals surface area contributed by atoms with Crippen LogP contribution in [0, 0.1) is 5.92 Å². The van der Waals surface area contributed by atoms with Crippen molar-refractivity contribution in [3.05, 3.63) is 0 Å². The number of hydrogen-bond acceptors (Lipinski definition) is 3. The zero-order valence-corrected chi connectivity index (χ0v) is 7.00. The molecule has 0 aliphatic carbocycles. The van der Waals surface area contributed by atoms with E-state index in [0.29, 0.717) is 12.5 Å². The van der Waals surface area contributed by atoms with Crippen LogP contribution in [-0.2, 0) is 0 Å². The van der Waals surface area contributed by atoms with Crippen LogP contribution < -0.4 is 5.73 Å². The number of rotatable bonds is 3. The average molecular weight is 158 g/mol. The minimum atomic E-state index is 0.358. The molecule has 0 bridgehead atoms. The van der Waals surface area contributed by atoms with Crippen molar-refractivity contribution in [1.82, 2.24) is 4.90 Å². The number of hydrogen-bond donors (Lipinski definition) is 2. The van der Waals surface area contributed by atoms with Gasteiger partial charge in [0.05, 0.1) is 0 Å². The SMILES string of the molecule is NCCN1CCC(CO)CC1. The van der Waals surface area contributed by atoms with Gasteiger partial charge in [-0.25, -0.2) is 0 Å². The lowest BCUT2D eigenvalue weighted by Crippen LogP contribution is -2.37. The fraction of sp³-hybridized carbons (Fsp3) is 1.00. The Balaban J connectivity index is 2.14. The summed E-state index contributed by atoms with van der Waals surface area (Å²) < 4.78 is 0. The Morgan fingerprint density at radius 3 is 2.45 bits per heavy atom. The van der Waals surface area contributed by atoms with Gasteiger partial charge in [-0.1, -0.05) is 0 Å². The minimum Gasteiger partial charge on any atom is -0.396 e. The quantitative estimate of drug-likeness (QED) is 0.590. The molecule has 66 valence electrons. The van der Waals surface area contributed by atoms with Crippen LogP contribution in [0.4, 0.5) is 0 Å². The molecule has 0 aromatic heterocycles. The van der Waals surface area contributed by atoms with E-state index in [2.05, 4.69) is 4.90 Å². The smallest absolute Gasteiger partial charge is 0.0460 e. The van der Waals surface area contributed by atoms with Crippen molar-refractivity contribution in [3.8, 4) is 0 Å². The van der Waals surface area contributed by atoms with Crippen molar-refractivity contribution >= 4 is 0 Å². The summed E-state index contributed by atoms with van der Waals surface area (Å²) in [4.78, 5) is 2.37. The van der Waals surface area contributed by atoms with Gasteiger partial charge in [-0.15, -0.1) is 0 Å². The van der Waals surface area contributed by atoms with Crippen molar-refractivity contribution in [2.45, 2.75) is 12.8 Å². The largest absolute Gasteiger partial charge is 0.396 e. The summed E-state index contributed by atoms with van der Waals surface area (Å²) in [7, 11) is 0. The number of likely N-dealkylation sites (tertiary alicyclic amines) is 1. The fourth-order valence-corrected chi connectivity index (χ4v) is 1.58. The molecule has 0 unspecified atom stereocenters. The molecule has 1 rings (SSSR count). The highest BCUT2D eigenvalue weighted by molar-refractivity contribution is 4.71. The molecule has 1 aliphatic heterocycles. The third-order valence-electron chi connectivity index (χ3n) is 2.41. The topological polar surface area (TPSA) is 49.5 Å². The summed E-state index contributed by atoms with van der Waals surface area (Å²) in [6.45, 7) is 4.35. The molecule has 1 saturated heterocycles. The van der Waals surface area contributed by atoms with Crippen LogP contribution in [0.3, 0.4) is 0 Å². The van der Waals surface area contributed by atoms with E-state index in [1.165, 1.54) is 0 Å². The molecular formula is C8H18N2O. The predicted octanol–water partition coefficient (Wildman–Crippen LogP) is -0.351. The molecule has 11 heavy (non-hydrogen) atoms. The van der Waals surface area contributed by atoms with Crippen LogP contribution in [-0.4, -0.2) is 42.8 Å². The summed E-state index contributed by atoms with van der Waals surface area (Å²) >= 11 is 0. The maximum Gasteiger partial charge on any atom is 0.0460 e. The summed E-state index contributed by atoms with van der Waals surface area (Å²) in [5.41, 5.74) is 5.44. The molecule has 1 aliphatic rings. The van der Waals surface area contributed by atoms with Crippen LogP contribution in [0.15, 0.2) is 0 Å². The van der Waals surface area contributed by atoms with Crippen LogP contribution >= 0.6 is 0 Å². The Hall–Kier alpha value is -0.120. The lowest BCUT2D eigenvalue weighted by molar-refractivity contribution is 0.134. The van der Waals surface area contributed by atoms with Gasteiger partial charge < -0.3 is 15.7 Å². The van der Waals surface area contributed by atoms with Gasteiger partial charge in [0.2, 0.25) is 0 Å². The normalized spacial score (nSPS) is 22.4. The molecule has 0 aromatic rings. The van der Waals surface area contributed by atoms with Gasteiger partial charge in [0.15, 0.2) is 0 Å². The average Bonchev–Trinajstić information content (AvgIpc) is 2.07. The van der Waals surface area contributed by atoms with Crippen LogP contribution in [0.5, 0.6) is 0 Å².